The van der Waals surface area contributed by atoms with Crippen LogP contribution >= 0.6 is 0 Å². The molecule has 0 heterocycles. The third-order valence-electron chi connectivity index (χ3n) is 3.71. The molecular weight excluding hydrogens is 368 g/mol. The highest BCUT2D eigenvalue weighted by molar-refractivity contribution is 6.39. The third kappa shape index (κ3) is 5.52. The van der Waals surface area contributed by atoms with E-state index in [0.717, 1.165) is 30.3 Å². The summed E-state index contributed by atoms with van der Waals surface area (Å²) >= 11 is 0. The summed E-state index contributed by atoms with van der Waals surface area (Å²) in [6.07, 6.45) is -5.80. The van der Waals surface area contributed by atoms with Crippen LogP contribution in [0.15, 0.2) is 42.5 Å². The molecule has 0 aromatic heterocycles. The zero-order valence-corrected chi connectivity index (χ0v) is 14.1. The second-order valence-corrected chi connectivity index (χ2v) is 5.76. The van der Waals surface area contributed by atoms with Crippen molar-refractivity contribution in [1.29, 1.82) is 0 Å². The predicted octanol–water partition coefficient (Wildman–Crippen LogP) is 2.94. The number of amides is 2. The van der Waals surface area contributed by atoms with E-state index in [4.69, 9.17) is 0 Å². The molecule has 5 nitrogen and oxygen atoms in total. The molecule has 2 aromatic rings. The number of aryl methyl sites for hydroxylation is 1. The minimum absolute atomic E-state index is 0.0848. The SMILES string of the molecule is Cc1ccc(NC(=O)C(=O)NCC(O)c2ccc(C(F)(F)F)cc2)cc1F. The van der Waals surface area contributed by atoms with Crippen LogP contribution < -0.4 is 10.6 Å². The zero-order chi connectivity index (χ0) is 20.2. The molecule has 0 aliphatic rings. The fourth-order valence-electron chi connectivity index (χ4n) is 2.14. The number of rotatable bonds is 4. The number of carbonyl (C=O) groups is 2. The van der Waals surface area contributed by atoms with Crippen molar-refractivity contribution in [2.45, 2.75) is 19.2 Å². The number of hydrogen-bond acceptors (Lipinski definition) is 3. The molecule has 0 saturated heterocycles. The van der Waals surface area contributed by atoms with Crippen LogP contribution in [0.2, 0.25) is 0 Å². The van der Waals surface area contributed by atoms with Crippen LogP contribution in [0.25, 0.3) is 0 Å². The highest BCUT2D eigenvalue weighted by atomic mass is 19.4. The number of carbonyl (C=O) groups excluding carboxylic acids is 2. The maximum Gasteiger partial charge on any atom is 0.416 e. The van der Waals surface area contributed by atoms with Gasteiger partial charge in [-0.1, -0.05) is 18.2 Å². The zero-order valence-electron chi connectivity index (χ0n) is 14.1. The van der Waals surface area contributed by atoms with Crippen molar-refractivity contribution < 1.29 is 32.3 Å². The van der Waals surface area contributed by atoms with E-state index in [9.17, 15) is 32.3 Å². The van der Waals surface area contributed by atoms with Crippen molar-refractivity contribution in [3.63, 3.8) is 0 Å². The van der Waals surface area contributed by atoms with Crippen molar-refractivity contribution in [2.24, 2.45) is 0 Å². The van der Waals surface area contributed by atoms with E-state index in [1.807, 2.05) is 0 Å². The number of benzene rings is 2. The molecule has 1 unspecified atom stereocenters. The normalized spacial score (nSPS) is 12.4. The largest absolute Gasteiger partial charge is 0.416 e. The van der Waals surface area contributed by atoms with Gasteiger partial charge in [0.2, 0.25) is 0 Å². The van der Waals surface area contributed by atoms with Crippen molar-refractivity contribution in [2.75, 3.05) is 11.9 Å². The molecule has 2 aromatic carbocycles. The van der Waals surface area contributed by atoms with Gasteiger partial charge in [-0.3, -0.25) is 9.59 Å². The minimum Gasteiger partial charge on any atom is -0.387 e. The Morgan fingerprint density at radius 3 is 2.26 bits per heavy atom. The summed E-state index contributed by atoms with van der Waals surface area (Å²) in [5, 5.41) is 14.3. The van der Waals surface area contributed by atoms with Gasteiger partial charge in [0.1, 0.15) is 5.82 Å². The summed E-state index contributed by atoms with van der Waals surface area (Å²) in [6, 6.07) is 7.66. The summed E-state index contributed by atoms with van der Waals surface area (Å²) < 4.78 is 50.9. The van der Waals surface area contributed by atoms with Gasteiger partial charge in [-0.15, -0.1) is 0 Å². The molecule has 0 aliphatic carbocycles. The van der Waals surface area contributed by atoms with Crippen LogP contribution in [0.4, 0.5) is 23.2 Å². The molecule has 27 heavy (non-hydrogen) atoms. The molecule has 0 bridgehead atoms. The Morgan fingerprint density at radius 1 is 1.07 bits per heavy atom. The molecule has 2 amide bonds. The number of nitrogens with one attached hydrogen (secondary N) is 2. The number of halogens is 4. The van der Waals surface area contributed by atoms with Gasteiger partial charge < -0.3 is 15.7 Å². The molecule has 0 aliphatic heterocycles. The molecule has 0 fully saturated rings. The lowest BCUT2D eigenvalue weighted by molar-refractivity contribution is -0.137. The maximum absolute atomic E-state index is 13.4. The Kier molecular flexibility index (Phi) is 6.17. The molecule has 2 rings (SSSR count). The second kappa shape index (κ2) is 8.17. The Bertz CT molecular complexity index is 835. The van der Waals surface area contributed by atoms with Gasteiger partial charge in [-0.2, -0.15) is 13.2 Å². The quantitative estimate of drug-likeness (QED) is 0.560. The molecule has 1 atom stereocenters. The lowest BCUT2D eigenvalue weighted by Crippen LogP contribution is -2.37. The van der Waals surface area contributed by atoms with Gasteiger partial charge in [0.25, 0.3) is 0 Å². The number of hydrogen-bond donors (Lipinski definition) is 3. The fourth-order valence-corrected chi connectivity index (χ4v) is 2.14. The third-order valence-corrected chi connectivity index (χ3v) is 3.71. The summed E-state index contributed by atoms with van der Waals surface area (Å²) in [6.45, 7) is 1.15. The van der Waals surface area contributed by atoms with E-state index >= 15 is 0 Å². The van der Waals surface area contributed by atoms with Crippen LogP contribution in [0.5, 0.6) is 0 Å². The van der Waals surface area contributed by atoms with Gasteiger partial charge in [-0.05, 0) is 42.3 Å². The van der Waals surface area contributed by atoms with E-state index in [-0.39, 0.29) is 17.8 Å². The lowest BCUT2D eigenvalue weighted by atomic mass is 10.1. The van der Waals surface area contributed by atoms with Gasteiger partial charge in [-0.25, -0.2) is 4.39 Å². The highest BCUT2D eigenvalue weighted by Gasteiger charge is 2.30. The second-order valence-electron chi connectivity index (χ2n) is 5.76. The Labute approximate surface area is 152 Å². The monoisotopic (exact) mass is 384 g/mol. The van der Waals surface area contributed by atoms with Crippen LogP contribution in [0.3, 0.4) is 0 Å². The van der Waals surface area contributed by atoms with Gasteiger partial charge in [0.05, 0.1) is 11.7 Å². The number of aliphatic hydroxyl groups excluding tert-OH is 1. The number of alkyl halides is 3. The number of anilines is 1. The molecule has 9 heteroatoms. The highest BCUT2D eigenvalue weighted by Crippen LogP contribution is 2.29. The van der Waals surface area contributed by atoms with Crippen LogP contribution in [-0.4, -0.2) is 23.5 Å². The first-order valence-corrected chi connectivity index (χ1v) is 7.78. The molecule has 144 valence electrons. The standard InChI is InChI=1S/C18H16F4N2O3/c1-10-2-7-13(8-14(10)19)24-17(27)16(26)23-9-15(25)11-3-5-12(6-4-11)18(20,21)22/h2-8,15,25H,9H2,1H3,(H,23,26)(H,24,27). The first kappa shape index (κ1) is 20.4. The van der Waals surface area contributed by atoms with Crippen LogP contribution in [0, 0.1) is 12.7 Å². The van der Waals surface area contributed by atoms with Gasteiger partial charge in [0, 0.05) is 12.2 Å². The van der Waals surface area contributed by atoms with E-state index in [1.54, 1.807) is 0 Å². The first-order valence-electron chi connectivity index (χ1n) is 7.78. The Hall–Kier alpha value is -2.94. The topological polar surface area (TPSA) is 78.4 Å². The average Bonchev–Trinajstić information content (AvgIpc) is 2.61. The minimum atomic E-state index is -4.49. The van der Waals surface area contributed by atoms with E-state index in [2.05, 4.69) is 10.6 Å². The molecule has 0 radical (unpaired) electrons. The van der Waals surface area contributed by atoms with Crippen molar-refractivity contribution in [1.82, 2.24) is 5.32 Å². The molecule has 0 saturated carbocycles. The summed E-state index contributed by atoms with van der Waals surface area (Å²) in [7, 11) is 0. The van der Waals surface area contributed by atoms with E-state index < -0.39 is 35.5 Å². The Morgan fingerprint density at radius 2 is 1.70 bits per heavy atom. The van der Waals surface area contributed by atoms with E-state index in [0.29, 0.717) is 5.56 Å². The molecular formula is C18H16F4N2O3. The molecule has 0 spiro atoms. The molecule has 3 N–H and O–H groups in total. The van der Waals surface area contributed by atoms with Crippen LogP contribution in [0.1, 0.15) is 22.8 Å². The fraction of sp³-hybridized carbons (Fsp3) is 0.222. The van der Waals surface area contributed by atoms with E-state index in [1.165, 1.54) is 19.1 Å². The van der Waals surface area contributed by atoms with Crippen molar-refractivity contribution in [3.8, 4) is 0 Å². The summed E-state index contributed by atoms with van der Waals surface area (Å²) in [5.74, 6) is -2.70. The van der Waals surface area contributed by atoms with Crippen molar-refractivity contribution in [3.05, 3.63) is 65.0 Å². The smallest absolute Gasteiger partial charge is 0.387 e. The number of aliphatic hydroxyl groups is 1. The summed E-state index contributed by atoms with van der Waals surface area (Å²) in [5.41, 5.74) is -0.268. The Balaban J connectivity index is 1.90. The maximum atomic E-state index is 13.4. The van der Waals surface area contributed by atoms with Crippen LogP contribution in [-0.2, 0) is 15.8 Å². The van der Waals surface area contributed by atoms with Gasteiger partial charge >= 0.3 is 18.0 Å². The summed E-state index contributed by atoms with van der Waals surface area (Å²) in [4.78, 5) is 23.5. The average molecular weight is 384 g/mol. The van der Waals surface area contributed by atoms with Gasteiger partial charge in [0.15, 0.2) is 0 Å². The first-order chi connectivity index (χ1) is 12.6. The predicted molar refractivity (Wildman–Crippen MR) is 89.2 cm³/mol. The lowest BCUT2D eigenvalue weighted by Gasteiger charge is -2.13. The van der Waals surface area contributed by atoms with Crippen molar-refractivity contribution >= 4 is 17.5 Å².